The molecule has 0 bridgehead atoms. The number of nitrogens with zero attached hydrogens (tertiary/aromatic N) is 2. The lowest BCUT2D eigenvalue weighted by molar-refractivity contribution is 0.144. The molecule has 1 aliphatic rings. The number of amides is 1. The Morgan fingerprint density at radius 3 is 3.28 bits per heavy atom. The van der Waals surface area contributed by atoms with Gasteiger partial charge in [-0.1, -0.05) is 0 Å². The summed E-state index contributed by atoms with van der Waals surface area (Å²) in [7, 11) is 0. The number of nitrogens with one attached hydrogen (secondary N) is 2. The van der Waals surface area contributed by atoms with Crippen LogP contribution in [0.25, 0.3) is 10.9 Å². The Bertz CT molecular complexity index is 580. The van der Waals surface area contributed by atoms with Gasteiger partial charge in [0.05, 0.1) is 11.7 Å². The molecule has 94 valence electrons. The molecule has 6 nitrogen and oxygen atoms in total. The maximum Gasteiger partial charge on any atom is 0.408 e. The second-order valence-corrected chi connectivity index (χ2v) is 4.45. The predicted octanol–water partition coefficient (Wildman–Crippen LogP) is 2.07. The van der Waals surface area contributed by atoms with Gasteiger partial charge in [-0.2, -0.15) is 5.10 Å². The summed E-state index contributed by atoms with van der Waals surface area (Å²) in [5, 5.41) is 20.2. The Morgan fingerprint density at radius 2 is 2.44 bits per heavy atom. The van der Waals surface area contributed by atoms with Gasteiger partial charge in [0.1, 0.15) is 6.17 Å². The first kappa shape index (κ1) is 10.9. The van der Waals surface area contributed by atoms with Gasteiger partial charge in [0.15, 0.2) is 0 Å². The molecular weight excluding hydrogens is 232 g/mol. The highest BCUT2D eigenvalue weighted by Crippen LogP contribution is 2.22. The zero-order chi connectivity index (χ0) is 12.5. The molecule has 2 aromatic rings. The third-order valence-corrected chi connectivity index (χ3v) is 3.27. The lowest BCUT2D eigenvalue weighted by Crippen LogP contribution is -2.39. The second kappa shape index (κ2) is 4.21. The van der Waals surface area contributed by atoms with Crippen molar-refractivity contribution < 1.29 is 9.90 Å². The molecule has 6 heteroatoms. The van der Waals surface area contributed by atoms with E-state index < -0.39 is 6.09 Å². The van der Waals surface area contributed by atoms with Crippen LogP contribution in [-0.2, 0) is 0 Å². The van der Waals surface area contributed by atoms with Crippen LogP contribution in [-0.4, -0.2) is 39.0 Å². The number of carboxylic acid groups (broad SMARTS) is 1. The van der Waals surface area contributed by atoms with Gasteiger partial charge in [-0.25, -0.2) is 4.79 Å². The Morgan fingerprint density at radius 1 is 1.56 bits per heavy atom. The number of carbonyl (C=O) groups is 1. The normalized spacial score (nSPS) is 19.3. The predicted molar refractivity (Wildman–Crippen MR) is 67.5 cm³/mol. The minimum atomic E-state index is -0.866. The van der Waals surface area contributed by atoms with Crippen LogP contribution in [0.3, 0.4) is 0 Å². The van der Waals surface area contributed by atoms with Crippen LogP contribution >= 0.6 is 0 Å². The van der Waals surface area contributed by atoms with Crippen molar-refractivity contribution in [3.05, 3.63) is 24.4 Å². The van der Waals surface area contributed by atoms with Crippen molar-refractivity contribution in [3.63, 3.8) is 0 Å². The molecule has 1 aromatic carbocycles. The highest BCUT2D eigenvalue weighted by atomic mass is 16.4. The molecule has 1 aliphatic heterocycles. The first-order chi connectivity index (χ1) is 8.74. The van der Waals surface area contributed by atoms with Crippen LogP contribution in [0.2, 0.25) is 0 Å². The SMILES string of the molecule is O=C(O)N1CCCC1Nc1ccc2[nH]ncc2c1. The summed E-state index contributed by atoms with van der Waals surface area (Å²) in [6.07, 6.45) is 2.50. The molecule has 1 atom stereocenters. The fourth-order valence-corrected chi connectivity index (χ4v) is 2.37. The summed E-state index contributed by atoms with van der Waals surface area (Å²) in [4.78, 5) is 12.5. The molecule has 1 unspecified atom stereocenters. The van der Waals surface area contributed by atoms with Gasteiger partial charge in [0, 0.05) is 17.6 Å². The van der Waals surface area contributed by atoms with Crippen molar-refractivity contribution in [2.24, 2.45) is 0 Å². The topological polar surface area (TPSA) is 81.2 Å². The zero-order valence-corrected chi connectivity index (χ0v) is 9.76. The summed E-state index contributed by atoms with van der Waals surface area (Å²) < 4.78 is 0. The van der Waals surface area contributed by atoms with Crippen LogP contribution in [0.5, 0.6) is 0 Å². The third kappa shape index (κ3) is 1.85. The number of hydrogen-bond acceptors (Lipinski definition) is 3. The van der Waals surface area contributed by atoms with E-state index in [0.717, 1.165) is 29.4 Å². The molecule has 0 radical (unpaired) electrons. The van der Waals surface area contributed by atoms with E-state index in [2.05, 4.69) is 15.5 Å². The summed E-state index contributed by atoms with van der Waals surface area (Å²) in [5.74, 6) is 0. The highest BCUT2D eigenvalue weighted by molar-refractivity contribution is 5.81. The number of hydrogen-bond donors (Lipinski definition) is 3. The fraction of sp³-hybridized carbons (Fsp3) is 0.333. The third-order valence-electron chi connectivity index (χ3n) is 3.27. The van der Waals surface area contributed by atoms with E-state index >= 15 is 0 Å². The van der Waals surface area contributed by atoms with Gasteiger partial charge in [0.25, 0.3) is 0 Å². The number of aromatic amines is 1. The standard InChI is InChI=1S/C12H14N4O2/c17-12(18)16-5-1-2-11(16)14-9-3-4-10-8(6-9)7-13-15-10/h3-4,6-7,11,14H,1-2,5H2,(H,13,15)(H,17,18). The molecule has 0 saturated carbocycles. The van der Waals surface area contributed by atoms with E-state index in [1.165, 1.54) is 4.90 Å². The molecule has 18 heavy (non-hydrogen) atoms. The molecule has 1 saturated heterocycles. The second-order valence-electron chi connectivity index (χ2n) is 4.45. The molecule has 1 amide bonds. The number of rotatable bonds is 2. The lowest BCUT2D eigenvalue weighted by Gasteiger charge is -2.23. The molecule has 2 heterocycles. The van der Waals surface area contributed by atoms with Gasteiger partial charge in [0.2, 0.25) is 0 Å². The Kier molecular flexibility index (Phi) is 2.55. The molecular formula is C12H14N4O2. The van der Waals surface area contributed by atoms with Crippen molar-refractivity contribution in [1.29, 1.82) is 0 Å². The molecule has 3 rings (SSSR count). The monoisotopic (exact) mass is 246 g/mol. The number of H-pyrrole nitrogens is 1. The van der Waals surface area contributed by atoms with E-state index in [-0.39, 0.29) is 6.17 Å². The minimum Gasteiger partial charge on any atom is -0.465 e. The summed E-state index contributed by atoms with van der Waals surface area (Å²) in [6, 6.07) is 5.83. The summed E-state index contributed by atoms with van der Waals surface area (Å²) in [6.45, 7) is 0.598. The molecule has 0 aliphatic carbocycles. The average molecular weight is 246 g/mol. The maximum absolute atomic E-state index is 11.0. The summed E-state index contributed by atoms with van der Waals surface area (Å²) >= 11 is 0. The van der Waals surface area contributed by atoms with Crippen molar-refractivity contribution in [1.82, 2.24) is 15.1 Å². The van der Waals surface area contributed by atoms with Crippen LogP contribution in [0.4, 0.5) is 10.5 Å². The smallest absolute Gasteiger partial charge is 0.408 e. The Labute approximate surface area is 104 Å². The van der Waals surface area contributed by atoms with Crippen LogP contribution in [0, 0.1) is 0 Å². The first-order valence-electron chi connectivity index (χ1n) is 5.93. The first-order valence-corrected chi connectivity index (χ1v) is 5.93. The van der Waals surface area contributed by atoms with E-state index in [9.17, 15) is 4.79 Å². The number of anilines is 1. The molecule has 0 spiro atoms. The highest BCUT2D eigenvalue weighted by Gasteiger charge is 2.28. The van der Waals surface area contributed by atoms with Gasteiger partial charge >= 0.3 is 6.09 Å². The quantitative estimate of drug-likeness (QED) is 0.757. The Hall–Kier alpha value is -2.24. The van der Waals surface area contributed by atoms with Crippen molar-refractivity contribution in [3.8, 4) is 0 Å². The van der Waals surface area contributed by atoms with Gasteiger partial charge in [-0.15, -0.1) is 0 Å². The molecule has 1 aromatic heterocycles. The zero-order valence-electron chi connectivity index (χ0n) is 9.76. The Balaban J connectivity index is 1.80. The van der Waals surface area contributed by atoms with Crippen LogP contribution < -0.4 is 5.32 Å². The van der Waals surface area contributed by atoms with Crippen molar-refractivity contribution >= 4 is 22.7 Å². The van der Waals surface area contributed by atoms with E-state index in [4.69, 9.17) is 5.11 Å². The lowest BCUT2D eigenvalue weighted by atomic mass is 10.2. The van der Waals surface area contributed by atoms with Gasteiger partial charge < -0.3 is 10.4 Å². The van der Waals surface area contributed by atoms with Crippen molar-refractivity contribution in [2.45, 2.75) is 19.0 Å². The summed E-state index contributed by atoms with van der Waals surface area (Å²) in [5.41, 5.74) is 1.89. The van der Waals surface area contributed by atoms with Gasteiger partial charge in [-0.05, 0) is 31.0 Å². The van der Waals surface area contributed by atoms with Crippen LogP contribution in [0.15, 0.2) is 24.4 Å². The van der Waals surface area contributed by atoms with Crippen LogP contribution in [0.1, 0.15) is 12.8 Å². The van der Waals surface area contributed by atoms with Gasteiger partial charge in [-0.3, -0.25) is 10.00 Å². The number of likely N-dealkylation sites (tertiary alicyclic amines) is 1. The van der Waals surface area contributed by atoms with E-state index in [1.807, 2.05) is 18.2 Å². The molecule has 1 fully saturated rings. The largest absolute Gasteiger partial charge is 0.465 e. The number of benzene rings is 1. The average Bonchev–Trinajstić information content (AvgIpc) is 2.96. The number of aromatic nitrogens is 2. The van der Waals surface area contributed by atoms with E-state index in [0.29, 0.717) is 6.54 Å². The molecule has 3 N–H and O–H groups in total. The van der Waals surface area contributed by atoms with Crippen molar-refractivity contribution in [2.75, 3.05) is 11.9 Å². The number of fused-ring (bicyclic) bond motifs is 1. The minimum absolute atomic E-state index is 0.133. The van der Waals surface area contributed by atoms with E-state index in [1.54, 1.807) is 6.20 Å². The fourth-order valence-electron chi connectivity index (χ4n) is 2.37. The maximum atomic E-state index is 11.0.